The summed E-state index contributed by atoms with van der Waals surface area (Å²) in [5, 5.41) is 10.3. The molecule has 110 valence electrons. The second-order valence-electron chi connectivity index (χ2n) is 5.68. The van der Waals surface area contributed by atoms with E-state index in [-0.39, 0.29) is 18.7 Å². The summed E-state index contributed by atoms with van der Waals surface area (Å²) >= 11 is 0. The van der Waals surface area contributed by atoms with E-state index in [0.29, 0.717) is 23.0 Å². The van der Waals surface area contributed by atoms with Gasteiger partial charge in [-0.25, -0.2) is 0 Å². The first-order valence-corrected chi connectivity index (χ1v) is 6.48. The van der Waals surface area contributed by atoms with Gasteiger partial charge in [-0.05, 0) is 18.2 Å². The van der Waals surface area contributed by atoms with Crippen LogP contribution in [0.3, 0.4) is 0 Å². The first kappa shape index (κ1) is 13.4. The third-order valence-corrected chi connectivity index (χ3v) is 2.95. The zero-order valence-corrected chi connectivity index (χ0v) is 12.0. The molecule has 0 aliphatic carbocycles. The maximum atomic E-state index is 11.9. The van der Waals surface area contributed by atoms with Crippen LogP contribution in [0.1, 0.15) is 20.8 Å². The molecule has 1 amide bonds. The third-order valence-electron chi connectivity index (χ3n) is 2.95. The van der Waals surface area contributed by atoms with Gasteiger partial charge in [0.1, 0.15) is 0 Å². The van der Waals surface area contributed by atoms with Gasteiger partial charge >= 0.3 is 6.01 Å². The van der Waals surface area contributed by atoms with Crippen LogP contribution in [0.25, 0.3) is 11.5 Å². The number of hydrogen-bond donors (Lipinski definition) is 1. The van der Waals surface area contributed by atoms with Crippen molar-refractivity contribution in [3.63, 3.8) is 0 Å². The lowest BCUT2D eigenvalue weighted by molar-refractivity contribution is -0.123. The predicted octanol–water partition coefficient (Wildman–Crippen LogP) is 2.45. The van der Waals surface area contributed by atoms with Crippen LogP contribution in [0, 0.1) is 5.41 Å². The molecule has 0 fully saturated rings. The SMILES string of the molecule is CC(C)(C)C(=O)Nc1nnc(-c2ccc3c(c2)OCO3)o1. The average molecular weight is 289 g/mol. The van der Waals surface area contributed by atoms with Crippen LogP contribution in [0.2, 0.25) is 0 Å². The minimum atomic E-state index is -0.534. The largest absolute Gasteiger partial charge is 0.454 e. The van der Waals surface area contributed by atoms with Crippen molar-refractivity contribution in [1.29, 1.82) is 0 Å². The van der Waals surface area contributed by atoms with Gasteiger partial charge in [-0.2, -0.15) is 0 Å². The monoisotopic (exact) mass is 289 g/mol. The Balaban J connectivity index is 1.80. The van der Waals surface area contributed by atoms with Crippen LogP contribution in [0.15, 0.2) is 22.6 Å². The highest BCUT2D eigenvalue weighted by molar-refractivity contribution is 5.92. The topological polar surface area (TPSA) is 86.5 Å². The van der Waals surface area contributed by atoms with Gasteiger partial charge in [-0.3, -0.25) is 10.1 Å². The van der Waals surface area contributed by atoms with Crippen molar-refractivity contribution in [2.75, 3.05) is 12.1 Å². The summed E-state index contributed by atoms with van der Waals surface area (Å²) in [4.78, 5) is 11.9. The van der Waals surface area contributed by atoms with E-state index in [1.54, 1.807) is 39.0 Å². The summed E-state index contributed by atoms with van der Waals surface area (Å²) in [5.74, 6) is 1.42. The summed E-state index contributed by atoms with van der Waals surface area (Å²) in [6.45, 7) is 5.61. The molecular formula is C14H15N3O4. The fourth-order valence-corrected chi connectivity index (χ4v) is 1.70. The van der Waals surface area contributed by atoms with Gasteiger partial charge in [0.2, 0.25) is 18.6 Å². The number of amides is 1. The molecule has 0 saturated heterocycles. The molecular weight excluding hydrogens is 274 g/mol. The Bertz CT molecular complexity index is 688. The van der Waals surface area contributed by atoms with Gasteiger partial charge < -0.3 is 13.9 Å². The fourth-order valence-electron chi connectivity index (χ4n) is 1.70. The smallest absolute Gasteiger partial charge is 0.322 e. The maximum Gasteiger partial charge on any atom is 0.322 e. The van der Waals surface area contributed by atoms with E-state index in [1.807, 2.05) is 0 Å². The number of rotatable bonds is 2. The number of fused-ring (bicyclic) bond motifs is 1. The zero-order valence-electron chi connectivity index (χ0n) is 12.0. The van der Waals surface area contributed by atoms with Gasteiger partial charge in [0.25, 0.3) is 0 Å². The molecule has 0 spiro atoms. The standard InChI is InChI=1S/C14H15N3O4/c1-14(2,3)12(18)15-13-17-16-11(21-13)8-4-5-9-10(6-8)20-7-19-9/h4-6H,7H2,1-3H3,(H,15,17,18). The Kier molecular flexibility index (Phi) is 3.04. The van der Waals surface area contributed by atoms with Crippen molar-refractivity contribution in [2.45, 2.75) is 20.8 Å². The van der Waals surface area contributed by atoms with Crippen molar-refractivity contribution in [1.82, 2.24) is 10.2 Å². The van der Waals surface area contributed by atoms with Crippen LogP contribution >= 0.6 is 0 Å². The number of ether oxygens (including phenoxy) is 2. The number of aromatic nitrogens is 2. The van der Waals surface area contributed by atoms with Gasteiger partial charge in [0.15, 0.2) is 11.5 Å². The molecule has 1 aliphatic rings. The highest BCUT2D eigenvalue weighted by atomic mass is 16.7. The molecule has 2 heterocycles. The van der Waals surface area contributed by atoms with Crippen molar-refractivity contribution in [3.8, 4) is 23.0 Å². The Labute approximate surface area is 121 Å². The molecule has 0 saturated carbocycles. The van der Waals surface area contributed by atoms with Crippen LogP contribution < -0.4 is 14.8 Å². The van der Waals surface area contributed by atoms with Crippen LogP contribution in [-0.2, 0) is 4.79 Å². The van der Waals surface area contributed by atoms with Crippen LogP contribution in [-0.4, -0.2) is 22.9 Å². The molecule has 1 N–H and O–H groups in total. The fraction of sp³-hybridized carbons (Fsp3) is 0.357. The number of carbonyl (C=O) groups is 1. The summed E-state index contributed by atoms with van der Waals surface area (Å²) in [5.41, 5.74) is 0.163. The van der Waals surface area contributed by atoms with Crippen LogP contribution in [0.4, 0.5) is 6.01 Å². The minimum absolute atomic E-state index is 0.0718. The Morgan fingerprint density at radius 2 is 1.95 bits per heavy atom. The highest BCUT2D eigenvalue weighted by Crippen LogP contribution is 2.35. The van der Waals surface area contributed by atoms with E-state index in [2.05, 4.69) is 15.5 Å². The first-order chi connectivity index (χ1) is 9.93. The van der Waals surface area contributed by atoms with E-state index >= 15 is 0 Å². The van der Waals surface area contributed by atoms with Crippen molar-refractivity contribution >= 4 is 11.9 Å². The van der Waals surface area contributed by atoms with Crippen molar-refractivity contribution in [2.24, 2.45) is 5.41 Å². The Hall–Kier alpha value is -2.57. The summed E-state index contributed by atoms with van der Waals surface area (Å²) in [7, 11) is 0. The molecule has 7 nitrogen and oxygen atoms in total. The average Bonchev–Trinajstić information content (AvgIpc) is 3.04. The van der Waals surface area contributed by atoms with Gasteiger partial charge in [-0.1, -0.05) is 25.9 Å². The molecule has 1 aromatic heterocycles. The molecule has 3 rings (SSSR count). The van der Waals surface area contributed by atoms with Gasteiger partial charge in [-0.15, -0.1) is 5.10 Å². The molecule has 7 heteroatoms. The number of nitrogens with zero attached hydrogens (tertiary/aromatic N) is 2. The van der Waals surface area contributed by atoms with E-state index < -0.39 is 5.41 Å². The van der Waals surface area contributed by atoms with Gasteiger partial charge in [0.05, 0.1) is 0 Å². The third kappa shape index (κ3) is 2.67. The van der Waals surface area contributed by atoms with E-state index in [1.165, 1.54) is 0 Å². The van der Waals surface area contributed by atoms with Crippen LogP contribution in [0.5, 0.6) is 11.5 Å². The lowest BCUT2D eigenvalue weighted by Gasteiger charge is -2.15. The predicted molar refractivity (Wildman–Crippen MR) is 73.9 cm³/mol. The number of carbonyl (C=O) groups excluding carboxylic acids is 1. The summed E-state index contributed by atoms with van der Waals surface area (Å²) in [6, 6.07) is 5.39. The lowest BCUT2D eigenvalue weighted by Crippen LogP contribution is -2.27. The van der Waals surface area contributed by atoms with Gasteiger partial charge in [0, 0.05) is 11.0 Å². The number of nitrogens with one attached hydrogen (secondary N) is 1. The maximum absolute atomic E-state index is 11.9. The van der Waals surface area contributed by atoms with E-state index in [0.717, 1.165) is 0 Å². The first-order valence-electron chi connectivity index (χ1n) is 6.48. The van der Waals surface area contributed by atoms with Crippen molar-refractivity contribution < 1.29 is 18.7 Å². The summed E-state index contributed by atoms with van der Waals surface area (Å²) < 4.78 is 16.0. The second-order valence-corrected chi connectivity index (χ2v) is 5.68. The molecule has 0 radical (unpaired) electrons. The Morgan fingerprint density at radius 3 is 2.71 bits per heavy atom. The molecule has 2 aromatic rings. The van der Waals surface area contributed by atoms with Crippen molar-refractivity contribution in [3.05, 3.63) is 18.2 Å². The zero-order chi connectivity index (χ0) is 15.0. The molecule has 21 heavy (non-hydrogen) atoms. The number of anilines is 1. The molecule has 1 aliphatic heterocycles. The summed E-state index contributed by atoms with van der Waals surface area (Å²) in [6.07, 6.45) is 0. The van der Waals surface area contributed by atoms with E-state index in [9.17, 15) is 4.79 Å². The number of benzene rings is 1. The second kappa shape index (κ2) is 4.76. The molecule has 1 aromatic carbocycles. The number of hydrogen-bond acceptors (Lipinski definition) is 6. The normalized spacial score (nSPS) is 13.3. The minimum Gasteiger partial charge on any atom is -0.454 e. The Morgan fingerprint density at radius 1 is 1.19 bits per heavy atom. The quantitative estimate of drug-likeness (QED) is 0.913. The van der Waals surface area contributed by atoms with E-state index in [4.69, 9.17) is 13.9 Å². The molecule has 0 unspecified atom stereocenters. The molecule has 0 bridgehead atoms. The molecule has 0 atom stereocenters. The lowest BCUT2D eigenvalue weighted by atomic mass is 9.96. The highest BCUT2D eigenvalue weighted by Gasteiger charge is 2.23.